The first-order valence-electron chi connectivity index (χ1n) is 6.73. The summed E-state index contributed by atoms with van der Waals surface area (Å²) in [7, 11) is 3.50. The molecule has 0 fully saturated rings. The van der Waals surface area contributed by atoms with Gasteiger partial charge in [-0.3, -0.25) is 10.1 Å². The standard InChI is InChI=1S/C14H23N3O3/c1-11(2)16(3)10-6-9-15-12-7-5-8-13(20-4)14(12)17(18)19/h5,7-8,11,15H,6,9-10H2,1-4H3. The van der Waals surface area contributed by atoms with Gasteiger partial charge in [0.1, 0.15) is 5.69 Å². The number of nitro groups is 1. The van der Waals surface area contributed by atoms with Crippen LogP contribution < -0.4 is 10.1 Å². The Morgan fingerprint density at radius 1 is 1.45 bits per heavy atom. The number of benzene rings is 1. The number of rotatable bonds is 8. The Hall–Kier alpha value is -1.82. The lowest BCUT2D eigenvalue weighted by Crippen LogP contribution is -2.28. The van der Waals surface area contributed by atoms with Crippen LogP contribution in [0.1, 0.15) is 20.3 Å². The predicted molar refractivity (Wildman–Crippen MR) is 80.5 cm³/mol. The fourth-order valence-corrected chi connectivity index (χ4v) is 1.83. The molecule has 0 aliphatic carbocycles. The van der Waals surface area contributed by atoms with Gasteiger partial charge < -0.3 is 15.0 Å². The average molecular weight is 281 g/mol. The molecule has 1 aromatic carbocycles. The lowest BCUT2D eigenvalue weighted by molar-refractivity contribution is -0.384. The van der Waals surface area contributed by atoms with Crippen LogP contribution in [0.3, 0.4) is 0 Å². The van der Waals surface area contributed by atoms with E-state index in [0.29, 0.717) is 18.3 Å². The van der Waals surface area contributed by atoms with Crippen LogP contribution in [0.25, 0.3) is 0 Å². The van der Waals surface area contributed by atoms with E-state index in [9.17, 15) is 10.1 Å². The highest BCUT2D eigenvalue weighted by molar-refractivity contribution is 5.68. The SMILES string of the molecule is COc1cccc(NCCCN(C)C(C)C)c1[N+](=O)[O-]. The number of nitrogens with one attached hydrogen (secondary N) is 1. The molecule has 0 aliphatic rings. The van der Waals surface area contributed by atoms with E-state index in [1.807, 2.05) is 0 Å². The quantitative estimate of drug-likeness (QED) is 0.451. The van der Waals surface area contributed by atoms with Crippen LogP contribution in [0, 0.1) is 10.1 Å². The number of nitrogens with zero attached hydrogens (tertiary/aromatic N) is 2. The molecular formula is C14H23N3O3. The molecule has 112 valence electrons. The second-order valence-electron chi connectivity index (χ2n) is 4.97. The van der Waals surface area contributed by atoms with Crippen molar-refractivity contribution < 1.29 is 9.66 Å². The zero-order valence-corrected chi connectivity index (χ0v) is 12.5. The van der Waals surface area contributed by atoms with Gasteiger partial charge in [-0.05, 0) is 46.0 Å². The van der Waals surface area contributed by atoms with Crippen LogP contribution in [0.4, 0.5) is 11.4 Å². The van der Waals surface area contributed by atoms with Gasteiger partial charge in [-0.1, -0.05) is 6.07 Å². The molecule has 6 heteroatoms. The minimum atomic E-state index is -0.415. The van der Waals surface area contributed by atoms with E-state index in [2.05, 4.69) is 31.1 Å². The molecule has 0 spiro atoms. The maximum atomic E-state index is 11.1. The highest BCUT2D eigenvalue weighted by Crippen LogP contribution is 2.34. The molecule has 20 heavy (non-hydrogen) atoms. The van der Waals surface area contributed by atoms with E-state index in [1.165, 1.54) is 7.11 Å². The second kappa shape index (κ2) is 7.69. The third-order valence-corrected chi connectivity index (χ3v) is 3.29. The largest absolute Gasteiger partial charge is 0.490 e. The van der Waals surface area contributed by atoms with E-state index >= 15 is 0 Å². The van der Waals surface area contributed by atoms with Crippen LogP contribution in [0.5, 0.6) is 5.75 Å². The van der Waals surface area contributed by atoms with Crippen LogP contribution in [-0.4, -0.2) is 43.1 Å². The fourth-order valence-electron chi connectivity index (χ4n) is 1.83. The van der Waals surface area contributed by atoms with Crippen LogP contribution in [0.2, 0.25) is 0 Å². The molecule has 0 saturated carbocycles. The molecule has 0 atom stereocenters. The maximum Gasteiger partial charge on any atom is 0.333 e. The molecule has 0 aromatic heterocycles. The summed E-state index contributed by atoms with van der Waals surface area (Å²) in [5.74, 6) is 0.277. The highest BCUT2D eigenvalue weighted by atomic mass is 16.6. The number of hydrogen-bond acceptors (Lipinski definition) is 5. The monoisotopic (exact) mass is 281 g/mol. The Kier molecular flexibility index (Phi) is 6.24. The number of hydrogen-bond donors (Lipinski definition) is 1. The van der Waals surface area contributed by atoms with Crippen molar-refractivity contribution in [3.05, 3.63) is 28.3 Å². The fraction of sp³-hybridized carbons (Fsp3) is 0.571. The molecule has 0 bridgehead atoms. The summed E-state index contributed by atoms with van der Waals surface area (Å²) >= 11 is 0. The van der Waals surface area contributed by atoms with Crippen molar-refractivity contribution in [2.75, 3.05) is 32.6 Å². The third-order valence-electron chi connectivity index (χ3n) is 3.29. The lowest BCUT2D eigenvalue weighted by atomic mass is 10.2. The van der Waals surface area contributed by atoms with Gasteiger partial charge in [0.25, 0.3) is 0 Å². The van der Waals surface area contributed by atoms with Crippen molar-refractivity contribution in [3.8, 4) is 5.75 Å². The number of anilines is 1. The molecule has 0 heterocycles. The van der Waals surface area contributed by atoms with Gasteiger partial charge in [0.15, 0.2) is 5.75 Å². The van der Waals surface area contributed by atoms with Gasteiger partial charge in [-0.15, -0.1) is 0 Å². The molecule has 1 rings (SSSR count). The summed E-state index contributed by atoms with van der Waals surface area (Å²) in [6, 6.07) is 5.54. The summed E-state index contributed by atoms with van der Waals surface area (Å²) in [6.07, 6.45) is 0.920. The summed E-state index contributed by atoms with van der Waals surface area (Å²) < 4.78 is 5.03. The first-order chi connectivity index (χ1) is 9.47. The van der Waals surface area contributed by atoms with Gasteiger partial charge in [0.2, 0.25) is 0 Å². The summed E-state index contributed by atoms with van der Waals surface area (Å²) in [6.45, 7) is 5.91. The topological polar surface area (TPSA) is 67.6 Å². The second-order valence-corrected chi connectivity index (χ2v) is 4.97. The smallest absolute Gasteiger partial charge is 0.333 e. The Morgan fingerprint density at radius 3 is 2.70 bits per heavy atom. The molecule has 6 nitrogen and oxygen atoms in total. The minimum absolute atomic E-state index is 0.00721. The maximum absolute atomic E-state index is 11.1. The molecule has 0 aliphatic heterocycles. The van der Waals surface area contributed by atoms with Gasteiger partial charge in [-0.25, -0.2) is 0 Å². The summed E-state index contributed by atoms with van der Waals surface area (Å²) in [5.41, 5.74) is 0.494. The summed E-state index contributed by atoms with van der Waals surface area (Å²) in [4.78, 5) is 12.9. The van der Waals surface area contributed by atoms with Gasteiger partial charge in [0.05, 0.1) is 12.0 Å². The van der Waals surface area contributed by atoms with Crippen LogP contribution in [-0.2, 0) is 0 Å². The van der Waals surface area contributed by atoms with Crippen molar-refractivity contribution in [3.63, 3.8) is 0 Å². The Labute approximate surface area is 119 Å². The number of nitro benzene ring substituents is 1. The Bertz CT molecular complexity index is 449. The summed E-state index contributed by atoms with van der Waals surface area (Å²) in [5, 5.41) is 14.2. The van der Waals surface area contributed by atoms with E-state index in [1.54, 1.807) is 18.2 Å². The minimum Gasteiger partial charge on any atom is -0.490 e. The molecule has 0 saturated heterocycles. The van der Waals surface area contributed by atoms with Crippen LogP contribution in [0.15, 0.2) is 18.2 Å². The molecule has 0 unspecified atom stereocenters. The first kappa shape index (κ1) is 16.2. The first-order valence-corrected chi connectivity index (χ1v) is 6.73. The van der Waals surface area contributed by atoms with Crippen LogP contribution >= 0.6 is 0 Å². The Morgan fingerprint density at radius 2 is 2.15 bits per heavy atom. The third kappa shape index (κ3) is 4.38. The van der Waals surface area contributed by atoms with E-state index in [4.69, 9.17) is 4.74 Å². The number of ether oxygens (including phenoxy) is 1. The van der Waals surface area contributed by atoms with E-state index in [-0.39, 0.29) is 11.4 Å². The predicted octanol–water partition coefficient (Wildman–Crippen LogP) is 2.75. The average Bonchev–Trinajstić information content (AvgIpc) is 2.42. The zero-order valence-electron chi connectivity index (χ0n) is 12.5. The molecule has 0 radical (unpaired) electrons. The van der Waals surface area contributed by atoms with E-state index < -0.39 is 4.92 Å². The van der Waals surface area contributed by atoms with Crippen molar-refractivity contribution in [2.45, 2.75) is 26.3 Å². The van der Waals surface area contributed by atoms with Gasteiger partial charge in [0, 0.05) is 12.6 Å². The Balaban J connectivity index is 2.62. The molecule has 1 aromatic rings. The normalized spacial score (nSPS) is 10.9. The van der Waals surface area contributed by atoms with Crippen molar-refractivity contribution in [1.29, 1.82) is 0 Å². The number of para-hydroxylation sites is 1. The number of methoxy groups -OCH3 is 1. The van der Waals surface area contributed by atoms with E-state index in [0.717, 1.165) is 13.0 Å². The van der Waals surface area contributed by atoms with Crippen molar-refractivity contribution in [2.24, 2.45) is 0 Å². The van der Waals surface area contributed by atoms with Gasteiger partial charge >= 0.3 is 5.69 Å². The highest BCUT2D eigenvalue weighted by Gasteiger charge is 2.19. The zero-order chi connectivity index (χ0) is 15.1. The van der Waals surface area contributed by atoms with Crippen molar-refractivity contribution in [1.82, 2.24) is 4.90 Å². The molecule has 0 amide bonds. The molecular weight excluding hydrogens is 258 g/mol. The molecule has 1 N–H and O–H groups in total. The van der Waals surface area contributed by atoms with Crippen molar-refractivity contribution >= 4 is 11.4 Å². The lowest BCUT2D eigenvalue weighted by Gasteiger charge is -2.20. The van der Waals surface area contributed by atoms with Gasteiger partial charge in [-0.2, -0.15) is 0 Å².